The molecule has 0 radical (unpaired) electrons. The first kappa shape index (κ1) is 15.1. The number of hydrogen-bond donors (Lipinski definition) is 1. The van der Waals surface area contributed by atoms with Crippen molar-refractivity contribution in [2.24, 2.45) is 0 Å². The molecule has 2 saturated heterocycles. The molecule has 5 nitrogen and oxygen atoms in total. The summed E-state index contributed by atoms with van der Waals surface area (Å²) in [7, 11) is 0. The predicted octanol–water partition coefficient (Wildman–Crippen LogP) is 1.68. The normalized spacial score (nSPS) is 28.0. The minimum atomic E-state index is -0.404. The Balaban J connectivity index is 1.37. The van der Waals surface area contributed by atoms with Crippen molar-refractivity contribution in [3.63, 3.8) is 0 Å². The van der Waals surface area contributed by atoms with Gasteiger partial charge in [-0.25, -0.2) is 0 Å². The minimum absolute atomic E-state index is 0.0929. The summed E-state index contributed by atoms with van der Waals surface area (Å²) in [6.45, 7) is 2.72. The van der Waals surface area contributed by atoms with E-state index in [0.29, 0.717) is 17.6 Å². The first-order valence-electron chi connectivity index (χ1n) is 8.85. The zero-order chi connectivity index (χ0) is 15.9. The molecule has 1 aliphatic carbocycles. The third-order valence-corrected chi connectivity index (χ3v) is 5.81. The molecular formula is C18H25N3O2. The summed E-state index contributed by atoms with van der Waals surface area (Å²) < 4.78 is 0. The van der Waals surface area contributed by atoms with E-state index in [1.54, 1.807) is 12.4 Å². The lowest BCUT2D eigenvalue weighted by molar-refractivity contribution is 0.0133. The maximum atomic E-state index is 12.5. The molecule has 0 bridgehead atoms. The van der Waals surface area contributed by atoms with Crippen LogP contribution >= 0.6 is 0 Å². The van der Waals surface area contributed by atoms with Crippen LogP contribution in [-0.4, -0.2) is 63.1 Å². The van der Waals surface area contributed by atoms with Gasteiger partial charge < -0.3 is 10.0 Å². The summed E-state index contributed by atoms with van der Waals surface area (Å²) in [5.41, 5.74) is 0.274. The number of piperidine rings is 1. The van der Waals surface area contributed by atoms with Crippen LogP contribution in [0.25, 0.3) is 0 Å². The molecule has 124 valence electrons. The maximum absolute atomic E-state index is 12.5. The second-order valence-electron chi connectivity index (χ2n) is 7.26. The largest absolute Gasteiger partial charge is 0.388 e. The molecule has 1 N–H and O–H groups in total. The highest BCUT2D eigenvalue weighted by atomic mass is 16.3. The van der Waals surface area contributed by atoms with Crippen molar-refractivity contribution in [2.45, 2.75) is 56.2 Å². The maximum Gasteiger partial charge on any atom is 0.255 e. The second-order valence-corrected chi connectivity index (χ2v) is 7.26. The van der Waals surface area contributed by atoms with Crippen molar-refractivity contribution in [1.29, 1.82) is 0 Å². The van der Waals surface area contributed by atoms with Crippen molar-refractivity contribution in [1.82, 2.24) is 14.8 Å². The van der Waals surface area contributed by atoms with Crippen molar-refractivity contribution in [3.05, 3.63) is 30.1 Å². The van der Waals surface area contributed by atoms with Gasteiger partial charge in [0.25, 0.3) is 5.91 Å². The van der Waals surface area contributed by atoms with E-state index < -0.39 is 5.60 Å². The smallest absolute Gasteiger partial charge is 0.255 e. The number of pyridine rings is 1. The van der Waals surface area contributed by atoms with E-state index in [-0.39, 0.29) is 5.91 Å². The van der Waals surface area contributed by atoms with Crippen LogP contribution in [-0.2, 0) is 0 Å². The van der Waals surface area contributed by atoms with Gasteiger partial charge in [0.05, 0.1) is 11.2 Å². The van der Waals surface area contributed by atoms with Crippen LogP contribution in [0.3, 0.4) is 0 Å². The molecule has 1 atom stereocenters. The predicted molar refractivity (Wildman–Crippen MR) is 87.1 cm³/mol. The van der Waals surface area contributed by atoms with Crippen molar-refractivity contribution in [3.8, 4) is 0 Å². The third-order valence-electron chi connectivity index (χ3n) is 5.81. The number of carbonyl (C=O) groups excluding carboxylic acids is 1. The molecule has 3 aliphatic rings. The number of nitrogens with zero attached hydrogens (tertiary/aromatic N) is 3. The second kappa shape index (κ2) is 5.87. The van der Waals surface area contributed by atoms with Crippen LogP contribution in [0.4, 0.5) is 0 Å². The van der Waals surface area contributed by atoms with Gasteiger partial charge in [-0.3, -0.25) is 14.7 Å². The minimum Gasteiger partial charge on any atom is -0.388 e. The van der Waals surface area contributed by atoms with Crippen LogP contribution < -0.4 is 0 Å². The van der Waals surface area contributed by atoms with Crippen LogP contribution in [0.1, 0.15) is 48.9 Å². The van der Waals surface area contributed by atoms with Crippen LogP contribution in [0, 0.1) is 0 Å². The summed E-state index contributed by atoms with van der Waals surface area (Å²) in [5.74, 6) is 0.0929. The summed E-state index contributed by atoms with van der Waals surface area (Å²) in [5, 5.41) is 10.5. The summed E-state index contributed by atoms with van der Waals surface area (Å²) in [4.78, 5) is 21.0. The van der Waals surface area contributed by atoms with Crippen molar-refractivity contribution in [2.75, 3.05) is 19.6 Å². The molecule has 5 heteroatoms. The first-order valence-corrected chi connectivity index (χ1v) is 8.85. The molecule has 4 rings (SSSR count). The third kappa shape index (κ3) is 2.88. The Morgan fingerprint density at radius 1 is 1.22 bits per heavy atom. The Kier molecular flexibility index (Phi) is 3.85. The van der Waals surface area contributed by atoms with E-state index in [0.717, 1.165) is 51.7 Å². The summed E-state index contributed by atoms with van der Waals surface area (Å²) in [6, 6.07) is 4.52. The number of aliphatic hydroxyl groups is 1. The first-order chi connectivity index (χ1) is 11.2. The highest BCUT2D eigenvalue weighted by Crippen LogP contribution is 2.45. The highest BCUT2D eigenvalue weighted by molar-refractivity contribution is 5.93. The van der Waals surface area contributed by atoms with E-state index in [2.05, 4.69) is 9.88 Å². The topological polar surface area (TPSA) is 56.7 Å². The molecular weight excluding hydrogens is 290 g/mol. The number of rotatable bonds is 3. The van der Waals surface area contributed by atoms with Crippen molar-refractivity contribution < 1.29 is 9.90 Å². The lowest BCUT2D eigenvalue weighted by Crippen LogP contribution is -2.51. The molecule has 1 unspecified atom stereocenters. The van der Waals surface area contributed by atoms with E-state index in [4.69, 9.17) is 0 Å². The summed E-state index contributed by atoms with van der Waals surface area (Å²) in [6.07, 6.45) is 9.62. The highest BCUT2D eigenvalue weighted by Gasteiger charge is 2.52. The molecule has 3 fully saturated rings. The van der Waals surface area contributed by atoms with Crippen molar-refractivity contribution >= 4 is 5.91 Å². The van der Waals surface area contributed by atoms with E-state index in [1.807, 2.05) is 17.0 Å². The van der Waals surface area contributed by atoms with Gasteiger partial charge in [-0.2, -0.15) is 0 Å². The Bertz CT molecular complexity index is 565. The summed E-state index contributed by atoms with van der Waals surface area (Å²) >= 11 is 0. The fourth-order valence-corrected chi connectivity index (χ4v) is 4.34. The molecule has 1 aromatic heterocycles. The number of hydrogen-bond acceptors (Lipinski definition) is 4. The quantitative estimate of drug-likeness (QED) is 0.922. The Morgan fingerprint density at radius 3 is 2.65 bits per heavy atom. The lowest BCUT2D eigenvalue weighted by atomic mass is 9.99. The molecule has 23 heavy (non-hydrogen) atoms. The zero-order valence-corrected chi connectivity index (χ0v) is 13.5. The number of aromatic nitrogens is 1. The number of amides is 1. The molecule has 3 heterocycles. The van der Waals surface area contributed by atoms with Gasteiger partial charge >= 0.3 is 0 Å². The van der Waals surface area contributed by atoms with Gasteiger partial charge in [0, 0.05) is 37.6 Å². The van der Waals surface area contributed by atoms with Gasteiger partial charge in [-0.05, 0) is 57.2 Å². The standard InChI is InChI=1S/C18H25N3O2/c22-17(14-3-1-9-19-13-14)20-11-5-15(6-12-20)21-10-2-4-16(21)18(23)7-8-18/h1,3,9,13,15-16,23H,2,4-8,10-12H2. The van der Waals surface area contributed by atoms with E-state index >= 15 is 0 Å². The Labute approximate surface area is 137 Å². The molecule has 0 spiro atoms. The van der Waals surface area contributed by atoms with Gasteiger partial charge in [0.15, 0.2) is 0 Å². The lowest BCUT2D eigenvalue weighted by Gasteiger charge is -2.40. The average molecular weight is 315 g/mol. The van der Waals surface area contributed by atoms with Gasteiger partial charge in [0.2, 0.25) is 0 Å². The number of carbonyl (C=O) groups is 1. The Hall–Kier alpha value is -1.46. The monoisotopic (exact) mass is 315 g/mol. The van der Waals surface area contributed by atoms with Crippen LogP contribution in [0.2, 0.25) is 0 Å². The fraction of sp³-hybridized carbons (Fsp3) is 0.667. The molecule has 1 saturated carbocycles. The zero-order valence-electron chi connectivity index (χ0n) is 13.5. The van der Waals surface area contributed by atoms with Crippen LogP contribution in [0.15, 0.2) is 24.5 Å². The van der Waals surface area contributed by atoms with Gasteiger partial charge in [-0.15, -0.1) is 0 Å². The molecule has 1 aromatic rings. The molecule has 2 aliphatic heterocycles. The van der Waals surface area contributed by atoms with E-state index in [9.17, 15) is 9.90 Å². The molecule has 0 aromatic carbocycles. The Morgan fingerprint density at radius 2 is 2.00 bits per heavy atom. The SMILES string of the molecule is O=C(c1cccnc1)N1CCC(N2CCCC2C2(O)CC2)CC1. The fourth-order valence-electron chi connectivity index (χ4n) is 4.34. The van der Waals surface area contributed by atoms with Gasteiger partial charge in [-0.1, -0.05) is 0 Å². The van der Waals surface area contributed by atoms with E-state index in [1.165, 1.54) is 6.42 Å². The molecule has 1 amide bonds. The number of likely N-dealkylation sites (tertiary alicyclic amines) is 2. The average Bonchev–Trinajstić information content (AvgIpc) is 3.15. The van der Waals surface area contributed by atoms with Crippen LogP contribution in [0.5, 0.6) is 0 Å². The van der Waals surface area contributed by atoms with Gasteiger partial charge in [0.1, 0.15) is 0 Å².